The minimum Gasteiger partial charge on any atom is -0.399 e. The summed E-state index contributed by atoms with van der Waals surface area (Å²) in [5.41, 5.74) is 11.8. The molecule has 0 heterocycles. The topological polar surface area (TPSA) is 26.0 Å². The van der Waals surface area contributed by atoms with Crippen LogP contribution in [0.3, 0.4) is 0 Å². The molecule has 0 saturated carbocycles. The Labute approximate surface area is 83.6 Å². The SMILES string of the molecule is Nc1ccc(C2=C=CC=CC=C2)cc1. The van der Waals surface area contributed by atoms with Gasteiger partial charge in [0, 0.05) is 11.3 Å². The van der Waals surface area contributed by atoms with Gasteiger partial charge in [-0.1, -0.05) is 30.4 Å². The zero-order valence-electron chi connectivity index (χ0n) is 7.77. The fraction of sp³-hybridized carbons (Fsp3) is 0. The van der Waals surface area contributed by atoms with Gasteiger partial charge in [-0.05, 0) is 29.8 Å². The van der Waals surface area contributed by atoms with Crippen LogP contribution in [-0.4, -0.2) is 0 Å². The Balaban J connectivity index is 2.41. The molecule has 0 fully saturated rings. The maximum atomic E-state index is 5.62. The van der Waals surface area contributed by atoms with Crippen molar-refractivity contribution < 1.29 is 0 Å². The molecule has 0 saturated heterocycles. The van der Waals surface area contributed by atoms with Crippen molar-refractivity contribution in [2.75, 3.05) is 5.73 Å². The van der Waals surface area contributed by atoms with Crippen LogP contribution in [-0.2, 0) is 0 Å². The first-order valence-corrected chi connectivity index (χ1v) is 4.52. The smallest absolute Gasteiger partial charge is 0.0314 e. The summed E-state index contributed by atoms with van der Waals surface area (Å²) in [6, 6.07) is 7.80. The first kappa shape index (κ1) is 8.61. The lowest BCUT2D eigenvalue weighted by Crippen LogP contribution is -1.84. The summed E-state index contributed by atoms with van der Waals surface area (Å²) in [5, 5.41) is 0. The number of rotatable bonds is 1. The molecule has 68 valence electrons. The monoisotopic (exact) mass is 181 g/mol. The van der Waals surface area contributed by atoms with E-state index in [0.717, 1.165) is 16.8 Å². The van der Waals surface area contributed by atoms with E-state index in [2.05, 4.69) is 5.73 Å². The zero-order chi connectivity index (χ0) is 9.80. The van der Waals surface area contributed by atoms with E-state index in [1.807, 2.05) is 54.6 Å². The van der Waals surface area contributed by atoms with Gasteiger partial charge in [0.25, 0.3) is 0 Å². The lowest BCUT2D eigenvalue weighted by atomic mass is 10.1. The molecule has 0 aliphatic heterocycles. The van der Waals surface area contributed by atoms with Gasteiger partial charge in [0.05, 0.1) is 0 Å². The number of nitrogens with two attached hydrogens (primary N) is 1. The van der Waals surface area contributed by atoms with Crippen molar-refractivity contribution in [1.29, 1.82) is 0 Å². The minimum atomic E-state index is 0.786. The van der Waals surface area contributed by atoms with Crippen LogP contribution in [0, 0.1) is 0 Å². The van der Waals surface area contributed by atoms with Crippen molar-refractivity contribution in [3.8, 4) is 0 Å². The molecule has 0 spiro atoms. The van der Waals surface area contributed by atoms with Gasteiger partial charge in [-0.25, -0.2) is 0 Å². The van der Waals surface area contributed by atoms with E-state index in [0.29, 0.717) is 0 Å². The third-order valence-electron chi connectivity index (χ3n) is 2.04. The van der Waals surface area contributed by atoms with E-state index in [1.54, 1.807) is 0 Å². The van der Waals surface area contributed by atoms with Crippen molar-refractivity contribution >= 4 is 11.3 Å². The van der Waals surface area contributed by atoms with Crippen molar-refractivity contribution in [3.05, 3.63) is 65.9 Å². The second-order valence-corrected chi connectivity index (χ2v) is 3.09. The maximum Gasteiger partial charge on any atom is 0.0314 e. The van der Waals surface area contributed by atoms with Gasteiger partial charge in [-0.15, -0.1) is 5.73 Å². The number of hydrogen-bond donors (Lipinski definition) is 1. The van der Waals surface area contributed by atoms with Crippen molar-refractivity contribution in [2.24, 2.45) is 0 Å². The molecule has 0 radical (unpaired) electrons. The predicted molar refractivity (Wildman–Crippen MR) is 60.6 cm³/mol. The molecule has 0 aromatic heterocycles. The molecular weight excluding hydrogens is 170 g/mol. The lowest BCUT2D eigenvalue weighted by Gasteiger charge is -1.99. The Morgan fingerprint density at radius 3 is 2.50 bits per heavy atom. The quantitative estimate of drug-likeness (QED) is 0.523. The largest absolute Gasteiger partial charge is 0.399 e. The summed E-state index contributed by atoms with van der Waals surface area (Å²) in [7, 11) is 0. The van der Waals surface area contributed by atoms with E-state index >= 15 is 0 Å². The van der Waals surface area contributed by atoms with Gasteiger partial charge in [0.1, 0.15) is 0 Å². The molecule has 1 aromatic rings. The average molecular weight is 181 g/mol. The molecule has 2 rings (SSSR count). The number of benzene rings is 1. The fourth-order valence-electron chi connectivity index (χ4n) is 1.30. The van der Waals surface area contributed by atoms with Crippen molar-refractivity contribution in [3.63, 3.8) is 0 Å². The Hall–Kier alpha value is -1.98. The molecule has 0 amide bonds. The molecule has 1 aliphatic rings. The minimum absolute atomic E-state index is 0.786. The number of anilines is 1. The molecular formula is C13H11N. The first-order valence-electron chi connectivity index (χ1n) is 4.52. The van der Waals surface area contributed by atoms with Crippen LogP contribution in [0.2, 0.25) is 0 Å². The zero-order valence-corrected chi connectivity index (χ0v) is 7.77. The van der Waals surface area contributed by atoms with E-state index in [1.165, 1.54) is 0 Å². The number of hydrogen-bond acceptors (Lipinski definition) is 1. The van der Waals surface area contributed by atoms with E-state index in [-0.39, 0.29) is 0 Å². The maximum absolute atomic E-state index is 5.62. The van der Waals surface area contributed by atoms with Crippen LogP contribution in [0.15, 0.2) is 60.4 Å². The molecule has 0 atom stereocenters. The van der Waals surface area contributed by atoms with Gasteiger partial charge < -0.3 is 5.73 Å². The Morgan fingerprint density at radius 2 is 1.71 bits per heavy atom. The highest BCUT2D eigenvalue weighted by atomic mass is 14.5. The van der Waals surface area contributed by atoms with Crippen LogP contribution >= 0.6 is 0 Å². The highest BCUT2D eigenvalue weighted by Gasteiger charge is 1.96. The molecule has 2 N–H and O–H groups in total. The Morgan fingerprint density at radius 1 is 0.929 bits per heavy atom. The van der Waals surface area contributed by atoms with Crippen LogP contribution in [0.4, 0.5) is 5.69 Å². The van der Waals surface area contributed by atoms with Crippen LogP contribution in [0.5, 0.6) is 0 Å². The summed E-state index contributed by atoms with van der Waals surface area (Å²) >= 11 is 0. The van der Waals surface area contributed by atoms with E-state index in [4.69, 9.17) is 5.73 Å². The molecule has 1 aromatic carbocycles. The summed E-state index contributed by atoms with van der Waals surface area (Å²) in [5.74, 6) is 0. The molecule has 1 aliphatic carbocycles. The molecule has 1 nitrogen and oxygen atoms in total. The van der Waals surface area contributed by atoms with Gasteiger partial charge >= 0.3 is 0 Å². The molecule has 0 bridgehead atoms. The first-order chi connectivity index (χ1) is 6.86. The summed E-state index contributed by atoms with van der Waals surface area (Å²) in [6.45, 7) is 0. The Kier molecular flexibility index (Phi) is 2.35. The number of allylic oxidation sites excluding steroid dienone is 5. The highest BCUT2D eigenvalue weighted by molar-refractivity contribution is 5.75. The third-order valence-corrected chi connectivity index (χ3v) is 2.04. The molecule has 0 unspecified atom stereocenters. The van der Waals surface area contributed by atoms with Gasteiger partial charge in [-0.3, -0.25) is 0 Å². The lowest BCUT2D eigenvalue weighted by molar-refractivity contribution is 1.61. The van der Waals surface area contributed by atoms with Gasteiger partial charge in [0.15, 0.2) is 0 Å². The van der Waals surface area contributed by atoms with Crippen molar-refractivity contribution in [1.82, 2.24) is 0 Å². The summed E-state index contributed by atoms with van der Waals surface area (Å²) < 4.78 is 0. The van der Waals surface area contributed by atoms with Crippen LogP contribution in [0.25, 0.3) is 5.57 Å². The average Bonchev–Trinajstić information content (AvgIpc) is 2.47. The van der Waals surface area contributed by atoms with E-state index < -0.39 is 0 Å². The summed E-state index contributed by atoms with van der Waals surface area (Å²) in [4.78, 5) is 0. The van der Waals surface area contributed by atoms with Crippen LogP contribution < -0.4 is 5.73 Å². The second-order valence-electron chi connectivity index (χ2n) is 3.09. The highest BCUT2D eigenvalue weighted by Crippen LogP contribution is 2.17. The molecule has 14 heavy (non-hydrogen) atoms. The van der Waals surface area contributed by atoms with Gasteiger partial charge in [0.2, 0.25) is 0 Å². The predicted octanol–water partition coefficient (Wildman–Crippen LogP) is 2.93. The normalized spacial score (nSPS) is 13.9. The number of nitrogen functional groups attached to an aromatic ring is 1. The second kappa shape index (κ2) is 3.82. The standard InChI is InChI=1S/C13H11N/c14-13-9-7-12(8-10-13)11-5-3-1-2-4-6-11/h1-5,7-10H,14H2. The fourth-order valence-corrected chi connectivity index (χ4v) is 1.30. The third kappa shape index (κ3) is 1.85. The van der Waals surface area contributed by atoms with Crippen LogP contribution in [0.1, 0.15) is 5.56 Å². The van der Waals surface area contributed by atoms with E-state index in [9.17, 15) is 0 Å². The summed E-state index contributed by atoms with van der Waals surface area (Å²) in [6.07, 6.45) is 9.89. The molecule has 1 heteroatoms. The van der Waals surface area contributed by atoms with Crippen molar-refractivity contribution in [2.45, 2.75) is 0 Å². The Bertz CT molecular complexity index is 441. The van der Waals surface area contributed by atoms with Gasteiger partial charge in [-0.2, -0.15) is 0 Å².